The molecule has 26 heavy (non-hydrogen) atoms. The Kier molecular flexibility index (Phi) is 5.35. The number of nitrogens with one attached hydrogen (secondary N) is 1. The third kappa shape index (κ3) is 4.10. The number of fused-ring (bicyclic) bond motifs is 1. The second-order valence-corrected chi connectivity index (χ2v) is 6.86. The van der Waals surface area contributed by atoms with Crippen molar-refractivity contribution in [2.75, 3.05) is 6.79 Å². The zero-order valence-corrected chi connectivity index (χ0v) is 15.7. The molecule has 0 radical (unpaired) electrons. The van der Waals surface area contributed by atoms with Gasteiger partial charge in [-0.2, -0.15) is 0 Å². The summed E-state index contributed by atoms with van der Waals surface area (Å²) >= 11 is 0. The van der Waals surface area contributed by atoms with E-state index in [-0.39, 0.29) is 12.7 Å². The Hall–Kier alpha value is -2.69. The van der Waals surface area contributed by atoms with E-state index in [1.165, 1.54) is 0 Å². The molecule has 138 valence electrons. The highest BCUT2D eigenvalue weighted by Gasteiger charge is 2.18. The van der Waals surface area contributed by atoms with Crippen molar-refractivity contribution in [3.63, 3.8) is 0 Å². The Balaban J connectivity index is 1.61. The van der Waals surface area contributed by atoms with E-state index in [0.717, 1.165) is 28.2 Å². The molecule has 0 aliphatic carbocycles. The fraction of sp³-hybridized carbons (Fsp3) is 0.381. The highest BCUT2D eigenvalue weighted by molar-refractivity contribution is 5.80. The minimum Gasteiger partial charge on any atom is -0.481 e. The number of hydrogen-bond donors (Lipinski definition) is 1. The Morgan fingerprint density at radius 3 is 2.65 bits per heavy atom. The van der Waals surface area contributed by atoms with Gasteiger partial charge in [-0.25, -0.2) is 0 Å². The summed E-state index contributed by atoms with van der Waals surface area (Å²) in [5, 5.41) is 2.91. The molecule has 5 heteroatoms. The van der Waals surface area contributed by atoms with Crippen LogP contribution in [0.1, 0.15) is 43.4 Å². The molecular weight excluding hydrogens is 330 g/mol. The van der Waals surface area contributed by atoms with E-state index in [4.69, 9.17) is 14.2 Å². The van der Waals surface area contributed by atoms with Gasteiger partial charge in [-0.05, 0) is 54.7 Å². The van der Waals surface area contributed by atoms with Gasteiger partial charge in [0.15, 0.2) is 17.6 Å². The van der Waals surface area contributed by atoms with E-state index in [9.17, 15) is 4.79 Å². The number of carbonyl (C=O) groups is 1. The lowest BCUT2D eigenvalue weighted by molar-refractivity contribution is -0.127. The van der Waals surface area contributed by atoms with Crippen LogP contribution in [0.5, 0.6) is 17.2 Å². The number of carbonyl (C=O) groups excluding carboxylic acids is 1. The van der Waals surface area contributed by atoms with E-state index >= 15 is 0 Å². The van der Waals surface area contributed by atoms with Crippen molar-refractivity contribution in [2.45, 2.75) is 46.3 Å². The molecule has 0 saturated heterocycles. The lowest BCUT2D eigenvalue weighted by Crippen LogP contribution is -2.36. The van der Waals surface area contributed by atoms with Crippen LogP contribution in [0.2, 0.25) is 0 Å². The molecule has 2 aromatic carbocycles. The first-order chi connectivity index (χ1) is 12.4. The number of rotatable bonds is 6. The number of ether oxygens (including phenoxy) is 3. The lowest BCUT2D eigenvalue weighted by atomic mass is 10.0. The first kappa shape index (κ1) is 18.1. The van der Waals surface area contributed by atoms with E-state index in [2.05, 4.69) is 31.3 Å². The van der Waals surface area contributed by atoms with Crippen molar-refractivity contribution in [3.8, 4) is 17.2 Å². The number of aryl methyl sites for hydroxylation is 1. The number of hydrogen-bond acceptors (Lipinski definition) is 4. The first-order valence-corrected chi connectivity index (χ1v) is 8.87. The minimum atomic E-state index is -0.580. The highest BCUT2D eigenvalue weighted by atomic mass is 16.7. The van der Waals surface area contributed by atoms with Gasteiger partial charge in [-0.3, -0.25) is 4.79 Å². The maximum Gasteiger partial charge on any atom is 0.261 e. The maximum absolute atomic E-state index is 12.4. The SMILES string of the molecule is Cc1ccc(C(C)C)c(O[C@@H](C)C(=O)NCc2ccc3c(c2)OCO3)c1. The summed E-state index contributed by atoms with van der Waals surface area (Å²) in [7, 11) is 0. The second kappa shape index (κ2) is 7.68. The first-order valence-electron chi connectivity index (χ1n) is 8.87. The van der Waals surface area contributed by atoms with Crippen molar-refractivity contribution in [3.05, 3.63) is 53.1 Å². The fourth-order valence-electron chi connectivity index (χ4n) is 2.85. The molecule has 0 bridgehead atoms. The predicted octanol–water partition coefficient (Wildman–Crippen LogP) is 3.93. The monoisotopic (exact) mass is 355 g/mol. The average molecular weight is 355 g/mol. The van der Waals surface area contributed by atoms with Crippen LogP contribution in [0, 0.1) is 6.92 Å². The van der Waals surface area contributed by atoms with Crippen LogP contribution < -0.4 is 19.5 Å². The average Bonchev–Trinajstić information content (AvgIpc) is 3.07. The third-order valence-corrected chi connectivity index (χ3v) is 4.37. The highest BCUT2D eigenvalue weighted by Crippen LogP contribution is 2.32. The van der Waals surface area contributed by atoms with Gasteiger partial charge < -0.3 is 19.5 Å². The van der Waals surface area contributed by atoms with E-state index in [1.54, 1.807) is 6.92 Å². The standard InChI is InChI=1S/C21H25NO4/c1-13(2)17-7-5-14(3)9-19(17)26-15(4)21(23)22-11-16-6-8-18-20(10-16)25-12-24-18/h5-10,13,15H,11-12H2,1-4H3,(H,22,23)/t15-/m0/s1. The largest absolute Gasteiger partial charge is 0.481 e. The Morgan fingerprint density at radius 1 is 1.12 bits per heavy atom. The predicted molar refractivity (Wildman–Crippen MR) is 99.8 cm³/mol. The second-order valence-electron chi connectivity index (χ2n) is 6.86. The summed E-state index contributed by atoms with van der Waals surface area (Å²) in [4.78, 5) is 12.4. The zero-order valence-electron chi connectivity index (χ0n) is 15.7. The molecule has 1 amide bonds. The number of amides is 1. The van der Waals surface area contributed by atoms with Crippen LogP contribution in [0.3, 0.4) is 0 Å². The van der Waals surface area contributed by atoms with Crippen LogP contribution in [0.15, 0.2) is 36.4 Å². The molecule has 1 heterocycles. The van der Waals surface area contributed by atoms with Crippen LogP contribution >= 0.6 is 0 Å². The van der Waals surface area contributed by atoms with E-state index in [0.29, 0.717) is 18.2 Å². The van der Waals surface area contributed by atoms with Crippen LogP contribution in [0.4, 0.5) is 0 Å². The van der Waals surface area contributed by atoms with E-state index in [1.807, 2.05) is 31.2 Å². The molecule has 1 N–H and O–H groups in total. The number of benzene rings is 2. The van der Waals surface area contributed by atoms with Crippen LogP contribution in [-0.2, 0) is 11.3 Å². The lowest BCUT2D eigenvalue weighted by Gasteiger charge is -2.19. The summed E-state index contributed by atoms with van der Waals surface area (Å²) in [6.07, 6.45) is -0.580. The van der Waals surface area contributed by atoms with Gasteiger partial charge in [0, 0.05) is 6.54 Å². The van der Waals surface area contributed by atoms with Crippen LogP contribution in [-0.4, -0.2) is 18.8 Å². The molecule has 0 spiro atoms. The molecule has 0 aromatic heterocycles. The summed E-state index contributed by atoms with van der Waals surface area (Å²) < 4.78 is 16.6. The molecular formula is C21H25NO4. The van der Waals surface area contributed by atoms with Crippen molar-refractivity contribution < 1.29 is 19.0 Å². The quantitative estimate of drug-likeness (QED) is 0.853. The molecule has 0 fully saturated rings. The van der Waals surface area contributed by atoms with Crippen molar-refractivity contribution in [2.24, 2.45) is 0 Å². The van der Waals surface area contributed by atoms with Crippen molar-refractivity contribution >= 4 is 5.91 Å². The molecule has 1 aliphatic rings. The molecule has 0 unspecified atom stereocenters. The molecule has 0 saturated carbocycles. The summed E-state index contributed by atoms with van der Waals surface area (Å²) in [5.41, 5.74) is 3.16. The zero-order chi connectivity index (χ0) is 18.7. The Labute approximate surface area is 154 Å². The van der Waals surface area contributed by atoms with E-state index < -0.39 is 6.10 Å². The van der Waals surface area contributed by atoms with Crippen LogP contribution in [0.25, 0.3) is 0 Å². The van der Waals surface area contributed by atoms with Gasteiger partial charge in [0.1, 0.15) is 5.75 Å². The van der Waals surface area contributed by atoms with Gasteiger partial charge in [0.05, 0.1) is 0 Å². The van der Waals surface area contributed by atoms with Crippen molar-refractivity contribution in [1.82, 2.24) is 5.32 Å². The fourth-order valence-corrected chi connectivity index (χ4v) is 2.85. The summed E-state index contributed by atoms with van der Waals surface area (Å²) in [5.74, 6) is 2.39. The normalized spacial score (nSPS) is 13.6. The minimum absolute atomic E-state index is 0.154. The van der Waals surface area contributed by atoms with Gasteiger partial charge in [0.25, 0.3) is 5.91 Å². The van der Waals surface area contributed by atoms with Gasteiger partial charge >= 0.3 is 0 Å². The molecule has 5 nitrogen and oxygen atoms in total. The van der Waals surface area contributed by atoms with Gasteiger partial charge in [-0.15, -0.1) is 0 Å². The Bertz CT molecular complexity index is 801. The van der Waals surface area contributed by atoms with Gasteiger partial charge in [-0.1, -0.05) is 32.0 Å². The third-order valence-electron chi connectivity index (χ3n) is 4.37. The smallest absolute Gasteiger partial charge is 0.261 e. The van der Waals surface area contributed by atoms with Crippen molar-refractivity contribution in [1.29, 1.82) is 0 Å². The molecule has 1 atom stereocenters. The molecule has 1 aliphatic heterocycles. The Morgan fingerprint density at radius 2 is 1.88 bits per heavy atom. The van der Waals surface area contributed by atoms with Gasteiger partial charge in [0.2, 0.25) is 6.79 Å². The molecule has 2 aromatic rings. The summed E-state index contributed by atoms with van der Waals surface area (Å²) in [6, 6.07) is 11.8. The topological polar surface area (TPSA) is 56.8 Å². The molecule has 3 rings (SSSR count). The maximum atomic E-state index is 12.4. The summed E-state index contributed by atoms with van der Waals surface area (Å²) in [6.45, 7) is 8.66.